The molecule has 2 rings (SSSR count). The molecule has 0 aliphatic heterocycles. The van der Waals surface area contributed by atoms with Crippen LogP contribution in [0.2, 0.25) is 0 Å². The average molecular weight is 537 g/mol. The Morgan fingerprint density at radius 1 is 0.946 bits per heavy atom. The first-order chi connectivity index (χ1) is 17.7. The van der Waals surface area contributed by atoms with Gasteiger partial charge < -0.3 is 36.8 Å². The number of aliphatic carboxylic acids is 1. The smallest absolute Gasteiger partial charge is 0.326 e. The lowest BCUT2D eigenvalue weighted by Gasteiger charge is -2.26. The number of aromatic amines is 2. The molecule has 5 atom stereocenters. The Morgan fingerprint density at radius 3 is 1.95 bits per heavy atom. The number of carboxylic acids is 1. The Hall–Kier alpha value is -3.39. The second-order valence-corrected chi connectivity index (χ2v) is 9.76. The third-order valence-electron chi connectivity index (χ3n) is 6.01. The number of amides is 3. The highest BCUT2D eigenvalue weighted by Crippen LogP contribution is 2.09. The number of hydrogen-bond acceptors (Lipinski definition) is 8. The van der Waals surface area contributed by atoms with Crippen LogP contribution < -0.4 is 21.7 Å². The first kappa shape index (κ1) is 29.8. The Labute approximate surface area is 219 Å². The zero-order valence-corrected chi connectivity index (χ0v) is 22.0. The van der Waals surface area contributed by atoms with Crippen LogP contribution in [0.15, 0.2) is 25.0 Å². The molecule has 0 fully saturated rings. The van der Waals surface area contributed by atoms with Gasteiger partial charge in [-0.2, -0.15) is 11.8 Å². The molecule has 37 heavy (non-hydrogen) atoms. The highest BCUT2D eigenvalue weighted by Gasteiger charge is 2.31. The number of nitrogens with zero attached hydrogens (tertiary/aromatic N) is 2. The maximum absolute atomic E-state index is 13.3. The standard InChI is InChI=1S/C23H36N8O5S/c1-4-13(2)19(24)22(34)30-17(7-14-9-25-11-27-14)21(33)29-16(5-6-37-3)20(32)31-18(23(35)36)8-15-10-26-12-28-15/h9-13,16-19H,4-8,24H2,1-3H3,(H,25,27)(H,26,28)(H,29,33)(H,30,34)(H,31,32)(H,35,36). The summed E-state index contributed by atoms with van der Waals surface area (Å²) in [6.07, 6.45) is 8.77. The molecule has 0 saturated carbocycles. The highest BCUT2D eigenvalue weighted by molar-refractivity contribution is 7.98. The fraction of sp³-hybridized carbons (Fsp3) is 0.565. The highest BCUT2D eigenvalue weighted by atomic mass is 32.2. The van der Waals surface area contributed by atoms with E-state index in [-0.39, 0.29) is 25.2 Å². The van der Waals surface area contributed by atoms with Crippen LogP contribution in [0.25, 0.3) is 0 Å². The number of aromatic nitrogens is 4. The van der Waals surface area contributed by atoms with Crippen molar-refractivity contribution in [2.45, 2.75) is 63.7 Å². The number of rotatable bonds is 16. The predicted molar refractivity (Wildman–Crippen MR) is 138 cm³/mol. The van der Waals surface area contributed by atoms with Crippen molar-refractivity contribution in [2.75, 3.05) is 12.0 Å². The van der Waals surface area contributed by atoms with Crippen LogP contribution in [0, 0.1) is 5.92 Å². The van der Waals surface area contributed by atoms with Crippen molar-refractivity contribution >= 4 is 35.5 Å². The number of carbonyl (C=O) groups is 4. The lowest BCUT2D eigenvalue weighted by Crippen LogP contribution is -2.58. The summed E-state index contributed by atoms with van der Waals surface area (Å²) >= 11 is 1.48. The zero-order chi connectivity index (χ0) is 27.4. The number of nitrogens with two attached hydrogens (primary N) is 1. The van der Waals surface area contributed by atoms with Gasteiger partial charge in [-0.25, -0.2) is 14.8 Å². The third kappa shape index (κ3) is 9.53. The number of carboxylic acid groups (broad SMARTS) is 1. The summed E-state index contributed by atoms with van der Waals surface area (Å²) in [6, 6.07) is -4.09. The molecule has 2 aromatic rings. The van der Waals surface area contributed by atoms with Crippen LogP contribution in [-0.4, -0.2) is 84.9 Å². The van der Waals surface area contributed by atoms with E-state index >= 15 is 0 Å². The van der Waals surface area contributed by atoms with Crippen LogP contribution in [0.1, 0.15) is 38.1 Å². The van der Waals surface area contributed by atoms with E-state index in [0.717, 1.165) is 0 Å². The second kappa shape index (κ2) is 15.0. The van der Waals surface area contributed by atoms with E-state index in [1.807, 2.05) is 20.1 Å². The Bertz CT molecular complexity index is 1000. The first-order valence-corrected chi connectivity index (χ1v) is 13.4. The van der Waals surface area contributed by atoms with Gasteiger partial charge in [0.05, 0.1) is 18.7 Å². The molecule has 0 aliphatic carbocycles. The van der Waals surface area contributed by atoms with E-state index in [9.17, 15) is 24.3 Å². The number of carbonyl (C=O) groups excluding carboxylic acids is 3. The van der Waals surface area contributed by atoms with Gasteiger partial charge in [-0.15, -0.1) is 0 Å². The van der Waals surface area contributed by atoms with Crippen molar-refractivity contribution < 1.29 is 24.3 Å². The average Bonchev–Trinajstić information content (AvgIpc) is 3.58. The van der Waals surface area contributed by atoms with Gasteiger partial charge in [-0.05, 0) is 24.3 Å². The second-order valence-electron chi connectivity index (χ2n) is 8.78. The molecule has 0 aliphatic rings. The molecular formula is C23H36N8O5S. The quantitative estimate of drug-likeness (QED) is 0.148. The molecule has 5 unspecified atom stereocenters. The van der Waals surface area contributed by atoms with Crippen LogP contribution in [0.5, 0.6) is 0 Å². The van der Waals surface area contributed by atoms with E-state index < -0.39 is 47.9 Å². The SMILES string of the molecule is CCC(C)C(N)C(=O)NC(Cc1cnc[nH]1)C(=O)NC(CCSC)C(=O)NC(Cc1cnc[nH]1)C(=O)O. The molecule has 8 N–H and O–H groups in total. The number of imidazole rings is 2. The summed E-state index contributed by atoms with van der Waals surface area (Å²) in [6.45, 7) is 3.76. The van der Waals surface area contributed by atoms with Crippen molar-refractivity contribution in [3.63, 3.8) is 0 Å². The van der Waals surface area contributed by atoms with E-state index in [4.69, 9.17) is 5.73 Å². The minimum atomic E-state index is -1.23. The predicted octanol–water partition coefficient (Wildman–Crippen LogP) is -0.416. The van der Waals surface area contributed by atoms with Crippen LogP contribution in [0.3, 0.4) is 0 Å². The Balaban J connectivity index is 2.17. The number of hydrogen-bond donors (Lipinski definition) is 7. The molecule has 0 spiro atoms. The third-order valence-corrected chi connectivity index (χ3v) is 6.65. The van der Waals surface area contributed by atoms with E-state index in [1.165, 1.54) is 36.8 Å². The molecule has 2 aromatic heterocycles. The molecular weight excluding hydrogens is 500 g/mol. The van der Waals surface area contributed by atoms with E-state index in [0.29, 0.717) is 23.6 Å². The number of H-pyrrole nitrogens is 2. The topological polar surface area (TPSA) is 208 Å². The molecule has 0 radical (unpaired) electrons. The van der Waals surface area contributed by atoms with E-state index in [2.05, 4.69) is 35.9 Å². The molecule has 204 valence electrons. The first-order valence-electron chi connectivity index (χ1n) is 12.0. The van der Waals surface area contributed by atoms with Gasteiger partial charge in [0.1, 0.15) is 18.1 Å². The number of nitrogens with one attached hydrogen (secondary N) is 5. The lowest BCUT2D eigenvalue weighted by molar-refractivity contribution is -0.142. The van der Waals surface area contributed by atoms with Gasteiger partial charge >= 0.3 is 5.97 Å². The summed E-state index contributed by atoms with van der Waals surface area (Å²) in [7, 11) is 0. The lowest BCUT2D eigenvalue weighted by atomic mass is 9.98. The normalized spacial score (nSPS) is 15.1. The zero-order valence-electron chi connectivity index (χ0n) is 21.2. The molecule has 0 saturated heterocycles. The van der Waals surface area contributed by atoms with Gasteiger partial charge in [0, 0.05) is 36.6 Å². The Morgan fingerprint density at radius 2 is 1.46 bits per heavy atom. The van der Waals surface area contributed by atoms with Gasteiger partial charge in [-0.3, -0.25) is 14.4 Å². The van der Waals surface area contributed by atoms with Crippen molar-refractivity contribution in [3.8, 4) is 0 Å². The molecule has 0 bridgehead atoms. The van der Waals surface area contributed by atoms with Crippen LogP contribution >= 0.6 is 11.8 Å². The van der Waals surface area contributed by atoms with Gasteiger partial charge in [0.15, 0.2) is 0 Å². The summed E-state index contributed by atoms with van der Waals surface area (Å²) in [5.41, 5.74) is 7.20. The van der Waals surface area contributed by atoms with Crippen molar-refractivity contribution in [1.29, 1.82) is 0 Å². The van der Waals surface area contributed by atoms with Gasteiger partial charge in [-0.1, -0.05) is 20.3 Å². The van der Waals surface area contributed by atoms with Crippen molar-refractivity contribution in [1.82, 2.24) is 35.9 Å². The largest absolute Gasteiger partial charge is 0.480 e. The molecule has 13 nitrogen and oxygen atoms in total. The molecule has 3 amide bonds. The summed E-state index contributed by atoms with van der Waals surface area (Å²) in [4.78, 5) is 64.4. The molecule has 0 aromatic carbocycles. The van der Waals surface area contributed by atoms with Crippen molar-refractivity contribution in [3.05, 3.63) is 36.4 Å². The van der Waals surface area contributed by atoms with Gasteiger partial charge in [0.2, 0.25) is 17.7 Å². The summed E-state index contributed by atoms with van der Waals surface area (Å²) in [5, 5.41) is 17.5. The maximum Gasteiger partial charge on any atom is 0.326 e. The maximum atomic E-state index is 13.3. The summed E-state index contributed by atoms with van der Waals surface area (Å²) < 4.78 is 0. The van der Waals surface area contributed by atoms with Gasteiger partial charge in [0.25, 0.3) is 0 Å². The fourth-order valence-corrected chi connectivity index (χ4v) is 3.94. The molecule has 14 heteroatoms. The van der Waals surface area contributed by atoms with Crippen molar-refractivity contribution in [2.24, 2.45) is 11.7 Å². The van der Waals surface area contributed by atoms with E-state index in [1.54, 1.807) is 0 Å². The molecule has 2 heterocycles. The minimum absolute atomic E-state index is 0.00369. The fourth-order valence-electron chi connectivity index (χ4n) is 3.47. The Kier molecular flexibility index (Phi) is 12.1. The summed E-state index contributed by atoms with van der Waals surface area (Å²) in [5.74, 6) is -2.50. The van der Waals surface area contributed by atoms with Crippen LogP contribution in [0.4, 0.5) is 0 Å². The minimum Gasteiger partial charge on any atom is -0.480 e. The number of thioether (sulfide) groups is 1. The van der Waals surface area contributed by atoms with Crippen LogP contribution in [-0.2, 0) is 32.0 Å². The monoisotopic (exact) mass is 536 g/mol.